The minimum Gasteiger partial charge on any atom is -0.318 e. The second-order valence-electron chi connectivity index (χ2n) is 4.41. The molecular formula is C14H11BrN2O2S2. The molecule has 0 aliphatic rings. The number of aromatic nitrogens is 1. The topological polar surface area (TPSA) is 51.4 Å². The number of rotatable bonds is 2. The quantitative estimate of drug-likeness (QED) is 0.682. The molecule has 1 aromatic heterocycles. The molecule has 21 heavy (non-hydrogen) atoms. The van der Waals surface area contributed by atoms with E-state index in [1.807, 2.05) is 25.2 Å². The van der Waals surface area contributed by atoms with Gasteiger partial charge >= 0.3 is 0 Å². The van der Waals surface area contributed by atoms with Gasteiger partial charge in [0.1, 0.15) is 0 Å². The van der Waals surface area contributed by atoms with E-state index in [0.717, 1.165) is 14.7 Å². The Morgan fingerprint density at radius 1 is 1.10 bits per heavy atom. The first-order chi connectivity index (χ1) is 9.99. The van der Waals surface area contributed by atoms with Gasteiger partial charge in [-0.1, -0.05) is 35.6 Å². The van der Waals surface area contributed by atoms with Crippen LogP contribution in [0.2, 0.25) is 0 Å². The zero-order valence-electron chi connectivity index (χ0n) is 11.0. The highest BCUT2D eigenvalue weighted by Crippen LogP contribution is 2.25. The molecule has 0 aliphatic heterocycles. The highest BCUT2D eigenvalue weighted by atomic mass is 79.9. The molecule has 0 spiro atoms. The summed E-state index contributed by atoms with van der Waals surface area (Å²) < 4.78 is 32.3. The minimum atomic E-state index is -3.70. The Kier molecular flexibility index (Phi) is 3.73. The Balaban J connectivity index is 2.26. The van der Waals surface area contributed by atoms with Crippen LogP contribution >= 0.6 is 27.3 Å². The van der Waals surface area contributed by atoms with E-state index in [1.165, 1.54) is 11.3 Å². The van der Waals surface area contributed by atoms with Crippen LogP contribution in [0.25, 0.3) is 10.2 Å². The molecule has 0 fully saturated rings. The lowest BCUT2D eigenvalue weighted by atomic mass is 10.3. The van der Waals surface area contributed by atoms with Gasteiger partial charge in [0, 0.05) is 11.5 Å². The summed E-state index contributed by atoms with van der Waals surface area (Å²) in [6.45, 7) is 0. The van der Waals surface area contributed by atoms with E-state index in [4.69, 9.17) is 0 Å². The standard InChI is InChI=1S/C14H11BrN2O2S2/c1-17-13-11(15)8-5-9-12(13)20-14(17)16-21(18,19)10-6-3-2-4-7-10/h2-9H,1H3. The third-order valence-corrected chi connectivity index (χ3v) is 6.15. The fourth-order valence-electron chi connectivity index (χ4n) is 1.99. The molecule has 108 valence electrons. The van der Waals surface area contributed by atoms with Crippen LogP contribution in [0.4, 0.5) is 0 Å². The van der Waals surface area contributed by atoms with Crippen LogP contribution < -0.4 is 4.80 Å². The van der Waals surface area contributed by atoms with Crippen LogP contribution in [0.15, 0.2) is 62.3 Å². The van der Waals surface area contributed by atoms with E-state index >= 15 is 0 Å². The van der Waals surface area contributed by atoms with E-state index in [1.54, 1.807) is 34.9 Å². The van der Waals surface area contributed by atoms with Gasteiger partial charge in [-0.25, -0.2) is 0 Å². The SMILES string of the molecule is Cn1c(=NS(=O)(=O)c2ccccc2)sc2cccc(Br)c21. The van der Waals surface area contributed by atoms with Gasteiger partial charge in [-0.2, -0.15) is 8.42 Å². The van der Waals surface area contributed by atoms with Crippen molar-refractivity contribution >= 4 is 47.5 Å². The predicted octanol–water partition coefficient (Wildman–Crippen LogP) is 3.29. The maximum Gasteiger partial charge on any atom is 0.285 e. The molecule has 3 aromatic rings. The van der Waals surface area contributed by atoms with E-state index in [2.05, 4.69) is 20.3 Å². The first-order valence-corrected chi connectivity index (χ1v) is 9.14. The molecule has 0 amide bonds. The van der Waals surface area contributed by atoms with Crippen molar-refractivity contribution in [2.24, 2.45) is 11.4 Å². The zero-order chi connectivity index (χ0) is 15.0. The lowest BCUT2D eigenvalue weighted by molar-refractivity contribution is 0.596. The fraction of sp³-hybridized carbons (Fsp3) is 0.0714. The van der Waals surface area contributed by atoms with Crippen LogP contribution in [-0.2, 0) is 17.1 Å². The number of hydrogen-bond donors (Lipinski definition) is 0. The molecule has 0 N–H and O–H groups in total. The summed E-state index contributed by atoms with van der Waals surface area (Å²) in [4.78, 5) is 0.641. The molecule has 0 saturated heterocycles. The smallest absolute Gasteiger partial charge is 0.285 e. The van der Waals surface area contributed by atoms with Crippen molar-refractivity contribution < 1.29 is 8.42 Å². The van der Waals surface area contributed by atoms with Crippen molar-refractivity contribution in [3.05, 3.63) is 57.8 Å². The number of fused-ring (bicyclic) bond motifs is 1. The summed E-state index contributed by atoms with van der Waals surface area (Å²) in [7, 11) is -1.89. The van der Waals surface area contributed by atoms with Gasteiger partial charge in [-0.15, -0.1) is 4.40 Å². The van der Waals surface area contributed by atoms with Crippen molar-refractivity contribution in [3.63, 3.8) is 0 Å². The summed E-state index contributed by atoms with van der Waals surface area (Å²) in [5, 5.41) is 0. The number of hydrogen-bond acceptors (Lipinski definition) is 3. The first-order valence-electron chi connectivity index (χ1n) is 6.09. The number of nitrogens with zero attached hydrogens (tertiary/aromatic N) is 2. The molecule has 0 aliphatic carbocycles. The molecular weight excluding hydrogens is 372 g/mol. The van der Waals surface area contributed by atoms with Gasteiger partial charge in [0.05, 0.1) is 15.1 Å². The molecule has 2 aromatic carbocycles. The second kappa shape index (κ2) is 5.40. The molecule has 0 saturated carbocycles. The monoisotopic (exact) mass is 382 g/mol. The largest absolute Gasteiger partial charge is 0.318 e. The van der Waals surface area contributed by atoms with Gasteiger partial charge in [0.2, 0.25) is 4.80 Å². The maximum absolute atomic E-state index is 12.3. The lowest BCUT2D eigenvalue weighted by Crippen LogP contribution is -2.13. The average molecular weight is 383 g/mol. The Hall–Kier alpha value is -1.44. The summed E-state index contributed by atoms with van der Waals surface area (Å²) in [6, 6.07) is 14.0. The van der Waals surface area contributed by atoms with Crippen molar-refractivity contribution in [1.29, 1.82) is 0 Å². The van der Waals surface area contributed by atoms with E-state index in [0.29, 0.717) is 4.80 Å². The lowest BCUT2D eigenvalue weighted by Gasteiger charge is -1.99. The Labute approximate surface area is 134 Å². The maximum atomic E-state index is 12.3. The highest BCUT2D eigenvalue weighted by Gasteiger charge is 2.13. The molecule has 3 rings (SSSR count). The van der Waals surface area contributed by atoms with E-state index in [-0.39, 0.29) is 4.90 Å². The third-order valence-electron chi connectivity index (χ3n) is 3.01. The average Bonchev–Trinajstić information content (AvgIpc) is 2.77. The predicted molar refractivity (Wildman–Crippen MR) is 87.7 cm³/mol. The number of sulfonamides is 1. The van der Waals surface area contributed by atoms with Gasteiger partial charge < -0.3 is 4.57 Å². The van der Waals surface area contributed by atoms with Crippen molar-refractivity contribution in [3.8, 4) is 0 Å². The normalized spacial score (nSPS) is 13.0. The highest BCUT2D eigenvalue weighted by molar-refractivity contribution is 9.10. The molecule has 0 radical (unpaired) electrons. The van der Waals surface area contributed by atoms with Crippen LogP contribution in [0.1, 0.15) is 0 Å². The Morgan fingerprint density at radius 3 is 2.48 bits per heavy atom. The molecule has 1 heterocycles. The van der Waals surface area contributed by atoms with Gasteiger partial charge in [0.25, 0.3) is 10.0 Å². The van der Waals surface area contributed by atoms with Crippen LogP contribution in [0, 0.1) is 0 Å². The van der Waals surface area contributed by atoms with E-state index < -0.39 is 10.0 Å². The number of aryl methyl sites for hydroxylation is 1. The van der Waals surface area contributed by atoms with Crippen LogP contribution in [0.5, 0.6) is 0 Å². The van der Waals surface area contributed by atoms with Gasteiger partial charge in [-0.3, -0.25) is 0 Å². The Bertz CT molecular complexity index is 973. The van der Waals surface area contributed by atoms with Gasteiger partial charge in [0.15, 0.2) is 0 Å². The molecule has 0 bridgehead atoms. The third kappa shape index (κ3) is 2.68. The minimum absolute atomic E-state index is 0.196. The summed E-state index contributed by atoms with van der Waals surface area (Å²) >= 11 is 4.83. The first kappa shape index (κ1) is 14.5. The van der Waals surface area contributed by atoms with Crippen LogP contribution in [0.3, 0.4) is 0 Å². The fourth-order valence-corrected chi connectivity index (χ4v) is 5.05. The molecule has 7 heteroatoms. The second-order valence-corrected chi connectivity index (χ2v) is 7.88. The Morgan fingerprint density at radius 2 is 1.81 bits per heavy atom. The van der Waals surface area contributed by atoms with E-state index in [9.17, 15) is 8.42 Å². The van der Waals surface area contributed by atoms with Gasteiger partial charge in [-0.05, 0) is 40.2 Å². The molecule has 0 atom stereocenters. The number of halogens is 1. The summed E-state index contributed by atoms with van der Waals surface area (Å²) in [5.41, 5.74) is 0.935. The van der Waals surface area contributed by atoms with Crippen LogP contribution in [-0.4, -0.2) is 13.0 Å². The number of para-hydroxylation sites is 1. The van der Waals surface area contributed by atoms with Crippen molar-refractivity contribution in [2.75, 3.05) is 0 Å². The van der Waals surface area contributed by atoms with Crippen molar-refractivity contribution in [1.82, 2.24) is 4.57 Å². The summed E-state index contributed by atoms with van der Waals surface area (Å²) in [5.74, 6) is 0. The molecule has 4 nitrogen and oxygen atoms in total. The zero-order valence-corrected chi connectivity index (χ0v) is 14.2. The number of benzene rings is 2. The summed E-state index contributed by atoms with van der Waals surface area (Å²) in [6.07, 6.45) is 0. The molecule has 0 unspecified atom stereocenters. The number of thiazole rings is 1. The van der Waals surface area contributed by atoms with Crippen molar-refractivity contribution in [2.45, 2.75) is 4.90 Å².